The highest BCUT2D eigenvalue weighted by Gasteiger charge is 2.32. The third-order valence-electron chi connectivity index (χ3n) is 4.43. The largest absolute Gasteiger partial charge is 0.487 e. The van der Waals surface area contributed by atoms with Crippen LogP contribution in [0.1, 0.15) is 32.6 Å². The molecule has 0 amide bonds. The van der Waals surface area contributed by atoms with Gasteiger partial charge in [0.15, 0.2) is 5.75 Å². The van der Waals surface area contributed by atoms with Crippen molar-refractivity contribution < 1.29 is 9.66 Å². The van der Waals surface area contributed by atoms with Crippen LogP contribution < -0.4 is 10.1 Å². The van der Waals surface area contributed by atoms with Crippen molar-refractivity contribution in [2.24, 2.45) is 0 Å². The Bertz CT molecular complexity index is 537. The van der Waals surface area contributed by atoms with Crippen LogP contribution in [0.4, 0.5) is 11.4 Å². The van der Waals surface area contributed by atoms with Crippen molar-refractivity contribution in [3.63, 3.8) is 0 Å². The fourth-order valence-corrected chi connectivity index (χ4v) is 3.17. The number of nitro benzene ring substituents is 1. The van der Waals surface area contributed by atoms with Gasteiger partial charge in [0.25, 0.3) is 0 Å². The molecule has 1 aliphatic heterocycles. The first-order valence-electron chi connectivity index (χ1n) is 8.10. The molecule has 6 nitrogen and oxygen atoms in total. The number of ether oxygens (including phenoxy) is 1. The summed E-state index contributed by atoms with van der Waals surface area (Å²) in [4.78, 5) is 13.6. The van der Waals surface area contributed by atoms with E-state index in [2.05, 4.69) is 10.2 Å². The number of anilines is 1. The number of likely N-dealkylation sites (tertiary alicyclic amines) is 1. The summed E-state index contributed by atoms with van der Waals surface area (Å²) in [5, 5.41) is 14.7. The maximum Gasteiger partial charge on any atom is 0.333 e. The number of nitro groups is 1. The second kappa shape index (κ2) is 6.52. The zero-order valence-electron chi connectivity index (χ0n) is 13.0. The van der Waals surface area contributed by atoms with E-state index in [1.807, 2.05) is 6.92 Å². The summed E-state index contributed by atoms with van der Waals surface area (Å²) >= 11 is 0. The van der Waals surface area contributed by atoms with Crippen molar-refractivity contribution in [1.82, 2.24) is 4.90 Å². The number of piperidine rings is 1. The molecule has 1 aliphatic carbocycles. The van der Waals surface area contributed by atoms with Crippen LogP contribution in [0, 0.1) is 10.1 Å². The van der Waals surface area contributed by atoms with Gasteiger partial charge >= 0.3 is 5.69 Å². The Morgan fingerprint density at radius 3 is 2.64 bits per heavy atom. The summed E-state index contributed by atoms with van der Waals surface area (Å²) in [6.07, 6.45) is 4.74. The van der Waals surface area contributed by atoms with Gasteiger partial charge in [0.05, 0.1) is 11.5 Å². The Hall–Kier alpha value is -1.82. The number of benzene rings is 1. The van der Waals surface area contributed by atoms with Gasteiger partial charge in [0, 0.05) is 25.2 Å². The van der Waals surface area contributed by atoms with E-state index in [1.54, 1.807) is 18.2 Å². The number of nitrogens with zero attached hydrogens (tertiary/aromatic N) is 2. The minimum absolute atomic E-state index is 0.0500. The lowest BCUT2D eigenvalue weighted by molar-refractivity contribution is -0.385. The van der Waals surface area contributed by atoms with E-state index < -0.39 is 0 Å². The highest BCUT2D eigenvalue weighted by molar-refractivity contribution is 5.68. The zero-order chi connectivity index (χ0) is 15.5. The van der Waals surface area contributed by atoms with Gasteiger partial charge in [-0.05, 0) is 44.7 Å². The molecule has 0 bridgehead atoms. The van der Waals surface area contributed by atoms with Gasteiger partial charge < -0.3 is 15.0 Å². The molecule has 0 atom stereocenters. The molecule has 1 saturated heterocycles. The van der Waals surface area contributed by atoms with Crippen LogP contribution in [-0.4, -0.2) is 41.6 Å². The number of hydrogen-bond acceptors (Lipinski definition) is 5. The molecule has 0 unspecified atom stereocenters. The van der Waals surface area contributed by atoms with Crippen LogP contribution in [-0.2, 0) is 0 Å². The minimum atomic E-state index is -0.355. The standard InChI is InChI=1S/C16H23N3O3/c1-2-22-15-5-3-4-14(16(15)19(20)21)17-12-8-10-18(11-9-12)13-6-7-13/h3-5,12-13,17H,2,6-11H2,1H3. The molecule has 1 N–H and O–H groups in total. The van der Waals surface area contributed by atoms with Crippen LogP contribution >= 0.6 is 0 Å². The number of hydrogen-bond donors (Lipinski definition) is 1. The molecule has 1 heterocycles. The first-order valence-corrected chi connectivity index (χ1v) is 8.10. The minimum Gasteiger partial charge on any atom is -0.487 e. The van der Waals surface area contributed by atoms with E-state index >= 15 is 0 Å². The van der Waals surface area contributed by atoms with Crippen molar-refractivity contribution >= 4 is 11.4 Å². The lowest BCUT2D eigenvalue weighted by Gasteiger charge is -2.32. The predicted molar refractivity (Wildman–Crippen MR) is 85.5 cm³/mol. The lowest BCUT2D eigenvalue weighted by Crippen LogP contribution is -2.40. The fraction of sp³-hybridized carbons (Fsp3) is 0.625. The highest BCUT2D eigenvalue weighted by atomic mass is 16.6. The monoisotopic (exact) mass is 305 g/mol. The SMILES string of the molecule is CCOc1cccc(NC2CCN(C3CC3)CC2)c1[N+](=O)[O-]. The Kier molecular flexibility index (Phi) is 4.47. The van der Waals surface area contributed by atoms with Crippen molar-refractivity contribution in [1.29, 1.82) is 0 Å². The summed E-state index contributed by atoms with van der Waals surface area (Å²) in [5.41, 5.74) is 0.620. The molecule has 0 aromatic heterocycles. The Labute approximate surface area is 130 Å². The number of para-hydroxylation sites is 1. The van der Waals surface area contributed by atoms with Gasteiger partial charge in [0.1, 0.15) is 5.69 Å². The molecular formula is C16H23N3O3. The molecule has 3 rings (SSSR count). The van der Waals surface area contributed by atoms with Crippen LogP contribution in [0.25, 0.3) is 0 Å². The molecule has 120 valence electrons. The lowest BCUT2D eigenvalue weighted by atomic mass is 10.0. The van der Waals surface area contributed by atoms with Gasteiger partial charge in [-0.3, -0.25) is 10.1 Å². The van der Waals surface area contributed by atoms with Gasteiger partial charge in [-0.2, -0.15) is 0 Å². The van der Waals surface area contributed by atoms with Gasteiger partial charge in [-0.1, -0.05) is 6.07 Å². The topological polar surface area (TPSA) is 67.6 Å². The van der Waals surface area contributed by atoms with Gasteiger partial charge in [-0.25, -0.2) is 0 Å². The smallest absolute Gasteiger partial charge is 0.333 e. The van der Waals surface area contributed by atoms with Gasteiger partial charge in [-0.15, -0.1) is 0 Å². The summed E-state index contributed by atoms with van der Waals surface area (Å²) in [6.45, 7) is 4.42. The Balaban J connectivity index is 1.69. The number of nitrogens with one attached hydrogen (secondary N) is 1. The van der Waals surface area contributed by atoms with Crippen molar-refractivity contribution in [3.05, 3.63) is 28.3 Å². The van der Waals surface area contributed by atoms with Crippen molar-refractivity contribution in [3.8, 4) is 5.75 Å². The fourth-order valence-electron chi connectivity index (χ4n) is 3.17. The molecule has 22 heavy (non-hydrogen) atoms. The Morgan fingerprint density at radius 2 is 2.05 bits per heavy atom. The summed E-state index contributed by atoms with van der Waals surface area (Å²) in [5.74, 6) is 0.341. The van der Waals surface area contributed by atoms with E-state index in [-0.39, 0.29) is 10.6 Å². The Morgan fingerprint density at radius 1 is 1.32 bits per heavy atom. The van der Waals surface area contributed by atoms with Crippen molar-refractivity contribution in [2.45, 2.75) is 44.7 Å². The van der Waals surface area contributed by atoms with Crippen molar-refractivity contribution in [2.75, 3.05) is 25.0 Å². The van der Waals surface area contributed by atoms with E-state index in [4.69, 9.17) is 4.74 Å². The van der Waals surface area contributed by atoms with E-state index in [9.17, 15) is 10.1 Å². The maximum absolute atomic E-state index is 11.4. The first-order chi connectivity index (χ1) is 10.7. The molecule has 1 saturated carbocycles. The van der Waals surface area contributed by atoms with E-state index in [1.165, 1.54) is 12.8 Å². The zero-order valence-corrected chi connectivity index (χ0v) is 13.0. The molecule has 1 aromatic carbocycles. The average molecular weight is 305 g/mol. The molecule has 0 radical (unpaired) electrons. The van der Waals surface area contributed by atoms with E-state index in [0.29, 0.717) is 24.1 Å². The predicted octanol–water partition coefficient (Wildman–Crippen LogP) is 3.03. The molecule has 2 fully saturated rings. The quantitative estimate of drug-likeness (QED) is 0.646. The summed E-state index contributed by atoms with van der Waals surface area (Å²) in [7, 11) is 0. The van der Waals surface area contributed by atoms with Gasteiger partial charge in [0.2, 0.25) is 0 Å². The maximum atomic E-state index is 11.4. The highest BCUT2D eigenvalue weighted by Crippen LogP contribution is 2.36. The third kappa shape index (κ3) is 3.32. The molecule has 1 aromatic rings. The normalized spacial score (nSPS) is 19.9. The summed E-state index contributed by atoms with van der Waals surface area (Å²) < 4.78 is 5.40. The summed E-state index contributed by atoms with van der Waals surface area (Å²) in [6, 6.07) is 6.33. The van der Waals surface area contributed by atoms with Crippen LogP contribution in [0.2, 0.25) is 0 Å². The molecule has 6 heteroatoms. The molecule has 2 aliphatic rings. The molecular weight excluding hydrogens is 282 g/mol. The van der Waals surface area contributed by atoms with E-state index in [0.717, 1.165) is 32.0 Å². The third-order valence-corrected chi connectivity index (χ3v) is 4.43. The number of rotatable bonds is 6. The molecule has 0 spiro atoms. The second-order valence-corrected chi connectivity index (χ2v) is 6.03. The second-order valence-electron chi connectivity index (χ2n) is 6.03. The van der Waals surface area contributed by atoms with Crippen LogP contribution in [0.5, 0.6) is 5.75 Å². The average Bonchev–Trinajstić information content (AvgIpc) is 3.33. The first kappa shape index (κ1) is 15.1. The van der Waals surface area contributed by atoms with Crippen LogP contribution in [0.15, 0.2) is 18.2 Å². The van der Waals surface area contributed by atoms with Crippen LogP contribution in [0.3, 0.4) is 0 Å².